The van der Waals surface area contributed by atoms with Gasteiger partial charge in [-0.05, 0) is 44.5 Å². The predicted molar refractivity (Wildman–Crippen MR) is 87.7 cm³/mol. The zero-order chi connectivity index (χ0) is 15.4. The monoisotopic (exact) mass is 308 g/mol. The van der Waals surface area contributed by atoms with Gasteiger partial charge >= 0.3 is 0 Å². The first kappa shape index (κ1) is 16.3. The lowest BCUT2D eigenvalue weighted by atomic mass is 10.1. The van der Waals surface area contributed by atoms with E-state index in [1.54, 1.807) is 11.8 Å². The summed E-state index contributed by atoms with van der Waals surface area (Å²) in [5.41, 5.74) is 1.89. The van der Waals surface area contributed by atoms with Crippen LogP contribution in [0.25, 0.3) is 0 Å². The SMILES string of the molecule is CSCc1cccc(C(=O)N2CC(O)CC2CN(C)C)c1. The number of aliphatic hydroxyl groups is 1. The van der Waals surface area contributed by atoms with Crippen LogP contribution in [-0.4, -0.2) is 66.4 Å². The summed E-state index contributed by atoms with van der Waals surface area (Å²) in [5, 5.41) is 9.90. The zero-order valence-corrected chi connectivity index (χ0v) is 13.8. The normalized spacial score (nSPS) is 22.0. The second kappa shape index (κ2) is 7.29. The van der Waals surface area contributed by atoms with Gasteiger partial charge in [-0.1, -0.05) is 12.1 Å². The van der Waals surface area contributed by atoms with Gasteiger partial charge in [0, 0.05) is 30.4 Å². The van der Waals surface area contributed by atoms with E-state index in [1.807, 2.05) is 43.3 Å². The van der Waals surface area contributed by atoms with E-state index in [-0.39, 0.29) is 11.9 Å². The molecule has 4 nitrogen and oxygen atoms in total. The maximum absolute atomic E-state index is 12.7. The molecule has 0 radical (unpaired) electrons. The molecule has 1 aromatic rings. The number of benzene rings is 1. The van der Waals surface area contributed by atoms with E-state index in [0.717, 1.165) is 23.4 Å². The highest BCUT2D eigenvalue weighted by atomic mass is 32.2. The van der Waals surface area contributed by atoms with Crippen molar-refractivity contribution in [3.63, 3.8) is 0 Å². The number of likely N-dealkylation sites (tertiary alicyclic amines) is 1. The molecule has 1 N–H and O–H groups in total. The number of carbonyl (C=O) groups is 1. The van der Waals surface area contributed by atoms with Crippen molar-refractivity contribution in [3.8, 4) is 0 Å². The molecule has 0 bridgehead atoms. The van der Waals surface area contributed by atoms with Crippen molar-refractivity contribution >= 4 is 17.7 Å². The Morgan fingerprint density at radius 2 is 2.24 bits per heavy atom. The van der Waals surface area contributed by atoms with Crippen molar-refractivity contribution in [1.82, 2.24) is 9.80 Å². The van der Waals surface area contributed by atoms with Gasteiger partial charge in [-0.25, -0.2) is 0 Å². The highest BCUT2D eigenvalue weighted by molar-refractivity contribution is 7.97. The Morgan fingerprint density at radius 1 is 1.48 bits per heavy atom. The minimum atomic E-state index is -0.409. The van der Waals surface area contributed by atoms with Crippen LogP contribution in [0.3, 0.4) is 0 Å². The number of rotatable bonds is 5. The molecule has 2 unspecified atom stereocenters. The maximum atomic E-state index is 12.7. The second-order valence-electron chi connectivity index (χ2n) is 5.90. The van der Waals surface area contributed by atoms with Crippen molar-refractivity contribution in [2.24, 2.45) is 0 Å². The van der Waals surface area contributed by atoms with E-state index in [4.69, 9.17) is 0 Å². The first-order chi connectivity index (χ1) is 10.0. The fourth-order valence-electron chi connectivity index (χ4n) is 2.86. The molecule has 2 atom stereocenters. The lowest BCUT2D eigenvalue weighted by Crippen LogP contribution is -2.41. The lowest BCUT2D eigenvalue weighted by molar-refractivity contribution is 0.0699. The molecule has 1 aliphatic rings. The first-order valence-electron chi connectivity index (χ1n) is 7.23. The fourth-order valence-corrected chi connectivity index (χ4v) is 3.37. The van der Waals surface area contributed by atoms with E-state index >= 15 is 0 Å². The molecule has 1 saturated heterocycles. The molecule has 0 spiro atoms. The number of carbonyl (C=O) groups excluding carboxylic acids is 1. The Bertz CT molecular complexity index is 493. The summed E-state index contributed by atoms with van der Waals surface area (Å²) in [7, 11) is 3.99. The number of thioether (sulfide) groups is 1. The standard InChI is InChI=1S/C16H24N2O2S/c1-17(2)9-14-8-15(19)10-18(14)16(20)13-6-4-5-12(7-13)11-21-3/h4-7,14-15,19H,8-11H2,1-3H3. The lowest BCUT2D eigenvalue weighted by Gasteiger charge is -2.27. The van der Waals surface area contributed by atoms with Crippen molar-refractivity contribution in [2.75, 3.05) is 33.4 Å². The quantitative estimate of drug-likeness (QED) is 0.899. The molecular formula is C16H24N2O2S. The average molecular weight is 308 g/mol. The van der Waals surface area contributed by atoms with E-state index in [0.29, 0.717) is 13.0 Å². The highest BCUT2D eigenvalue weighted by Crippen LogP contribution is 2.22. The van der Waals surface area contributed by atoms with Crippen LogP contribution in [0.5, 0.6) is 0 Å². The molecule has 2 rings (SSSR count). The molecule has 0 saturated carbocycles. The van der Waals surface area contributed by atoms with E-state index < -0.39 is 6.10 Å². The Hall–Kier alpha value is -1.04. The van der Waals surface area contributed by atoms with Crippen LogP contribution in [0, 0.1) is 0 Å². The van der Waals surface area contributed by atoms with Crippen LogP contribution in [-0.2, 0) is 5.75 Å². The van der Waals surface area contributed by atoms with Crippen molar-refractivity contribution in [3.05, 3.63) is 35.4 Å². The Balaban J connectivity index is 2.15. The van der Waals surface area contributed by atoms with Gasteiger partial charge in [0.15, 0.2) is 0 Å². The number of amides is 1. The molecule has 116 valence electrons. The van der Waals surface area contributed by atoms with Gasteiger partial charge in [-0.3, -0.25) is 4.79 Å². The third-order valence-electron chi connectivity index (χ3n) is 3.71. The summed E-state index contributed by atoms with van der Waals surface area (Å²) >= 11 is 1.75. The van der Waals surface area contributed by atoms with Crippen LogP contribution < -0.4 is 0 Å². The summed E-state index contributed by atoms with van der Waals surface area (Å²) < 4.78 is 0. The minimum absolute atomic E-state index is 0.0290. The fraction of sp³-hybridized carbons (Fsp3) is 0.562. The number of hydrogen-bond donors (Lipinski definition) is 1. The number of aliphatic hydroxyl groups excluding tert-OH is 1. The van der Waals surface area contributed by atoms with Gasteiger partial charge in [0.05, 0.1) is 6.10 Å². The third-order valence-corrected chi connectivity index (χ3v) is 4.34. The summed E-state index contributed by atoms with van der Waals surface area (Å²) in [6.45, 7) is 1.22. The van der Waals surface area contributed by atoms with Gasteiger partial charge in [-0.2, -0.15) is 11.8 Å². The number of hydrogen-bond acceptors (Lipinski definition) is 4. The summed E-state index contributed by atoms with van der Waals surface area (Å²) in [5.74, 6) is 0.937. The molecule has 1 fully saturated rings. The van der Waals surface area contributed by atoms with Crippen LogP contribution in [0.15, 0.2) is 24.3 Å². The number of likely N-dealkylation sites (N-methyl/N-ethyl adjacent to an activating group) is 1. The molecule has 21 heavy (non-hydrogen) atoms. The molecule has 0 aliphatic carbocycles. The van der Waals surface area contributed by atoms with Gasteiger partial charge in [0.25, 0.3) is 5.91 Å². The van der Waals surface area contributed by atoms with E-state index in [1.165, 1.54) is 0 Å². The van der Waals surface area contributed by atoms with Gasteiger partial charge in [0.1, 0.15) is 0 Å². The Morgan fingerprint density at radius 3 is 2.90 bits per heavy atom. The Kier molecular flexibility index (Phi) is 5.67. The topological polar surface area (TPSA) is 43.8 Å². The number of β-amino-alcohol motifs (C(OH)–C–C–N with tert-alkyl or cyclic N) is 1. The predicted octanol–water partition coefficient (Wildman–Crippen LogP) is 1.69. The van der Waals surface area contributed by atoms with E-state index in [2.05, 4.69) is 11.2 Å². The van der Waals surface area contributed by atoms with Crippen molar-refractivity contribution < 1.29 is 9.90 Å². The smallest absolute Gasteiger partial charge is 0.254 e. The first-order valence-corrected chi connectivity index (χ1v) is 8.62. The van der Waals surface area contributed by atoms with E-state index in [9.17, 15) is 9.90 Å². The summed E-state index contributed by atoms with van der Waals surface area (Å²) in [4.78, 5) is 16.6. The molecule has 1 amide bonds. The molecule has 1 aromatic carbocycles. The molecule has 5 heteroatoms. The summed E-state index contributed by atoms with van der Waals surface area (Å²) in [6.07, 6.45) is 2.31. The maximum Gasteiger partial charge on any atom is 0.254 e. The van der Waals surface area contributed by atoms with Gasteiger partial charge in [0.2, 0.25) is 0 Å². The Labute approximate surface area is 131 Å². The van der Waals surface area contributed by atoms with Crippen LogP contribution in [0.1, 0.15) is 22.3 Å². The molecular weight excluding hydrogens is 284 g/mol. The van der Waals surface area contributed by atoms with Crippen LogP contribution in [0.4, 0.5) is 0 Å². The third kappa shape index (κ3) is 4.22. The van der Waals surface area contributed by atoms with Gasteiger partial charge < -0.3 is 14.9 Å². The van der Waals surface area contributed by atoms with Gasteiger partial charge in [-0.15, -0.1) is 0 Å². The van der Waals surface area contributed by atoms with Crippen LogP contribution >= 0.6 is 11.8 Å². The molecule has 0 aromatic heterocycles. The van der Waals surface area contributed by atoms with Crippen LogP contribution in [0.2, 0.25) is 0 Å². The highest BCUT2D eigenvalue weighted by Gasteiger charge is 2.34. The van der Waals surface area contributed by atoms with Crippen molar-refractivity contribution in [1.29, 1.82) is 0 Å². The number of nitrogens with zero attached hydrogens (tertiary/aromatic N) is 2. The summed E-state index contributed by atoms with van der Waals surface area (Å²) in [6, 6.07) is 7.90. The molecule has 1 aliphatic heterocycles. The second-order valence-corrected chi connectivity index (χ2v) is 6.76. The van der Waals surface area contributed by atoms with Crippen molar-refractivity contribution in [2.45, 2.75) is 24.3 Å². The minimum Gasteiger partial charge on any atom is -0.391 e. The largest absolute Gasteiger partial charge is 0.391 e. The molecule has 1 heterocycles. The average Bonchev–Trinajstić information content (AvgIpc) is 2.78. The zero-order valence-electron chi connectivity index (χ0n) is 13.0.